The van der Waals surface area contributed by atoms with Gasteiger partial charge < -0.3 is 14.8 Å². The Kier molecular flexibility index (Phi) is 5.74. The van der Waals surface area contributed by atoms with Crippen LogP contribution in [-0.4, -0.2) is 29.4 Å². The Morgan fingerprint density at radius 2 is 1.89 bits per heavy atom. The van der Waals surface area contributed by atoms with Gasteiger partial charge in [0.2, 0.25) is 5.88 Å². The summed E-state index contributed by atoms with van der Waals surface area (Å²) in [5.41, 5.74) is 3.13. The van der Waals surface area contributed by atoms with Gasteiger partial charge in [-0.1, -0.05) is 12.1 Å². The van der Waals surface area contributed by atoms with E-state index in [1.807, 2.05) is 32.0 Å². The minimum atomic E-state index is -0.348. The van der Waals surface area contributed by atoms with E-state index in [0.717, 1.165) is 11.1 Å². The number of rotatable bonds is 6. The van der Waals surface area contributed by atoms with Gasteiger partial charge in [0.05, 0.1) is 12.8 Å². The van der Waals surface area contributed by atoms with Gasteiger partial charge in [-0.05, 0) is 49.2 Å². The van der Waals surface area contributed by atoms with Crippen molar-refractivity contribution in [2.75, 3.05) is 19.0 Å². The van der Waals surface area contributed by atoms with Crippen molar-refractivity contribution in [2.45, 2.75) is 13.8 Å². The van der Waals surface area contributed by atoms with Crippen LogP contribution in [0, 0.1) is 13.8 Å². The number of ether oxygens (including phenoxy) is 2. The minimum Gasteiger partial charge on any atom is -0.497 e. The zero-order valence-electron chi connectivity index (χ0n) is 15.9. The molecule has 1 N–H and O–H groups in total. The van der Waals surface area contributed by atoms with E-state index in [2.05, 4.69) is 10.4 Å². The Labute approximate surface area is 162 Å². The minimum absolute atomic E-state index is 0.179. The maximum Gasteiger partial charge on any atom is 0.271 e. The maximum atomic E-state index is 12.2. The highest BCUT2D eigenvalue weighted by atomic mass is 16.5. The molecule has 0 unspecified atom stereocenters. The van der Waals surface area contributed by atoms with Crippen molar-refractivity contribution >= 4 is 11.6 Å². The fourth-order valence-corrected chi connectivity index (χ4v) is 2.55. The second kappa shape index (κ2) is 8.39. The first-order valence-electron chi connectivity index (χ1n) is 8.71. The van der Waals surface area contributed by atoms with Crippen LogP contribution in [0.5, 0.6) is 11.6 Å². The maximum absolute atomic E-state index is 12.2. The summed E-state index contributed by atoms with van der Waals surface area (Å²) in [6.45, 7) is 3.72. The Bertz CT molecular complexity index is 1060. The molecule has 7 nitrogen and oxygen atoms in total. The van der Waals surface area contributed by atoms with Crippen LogP contribution in [-0.2, 0) is 4.79 Å². The predicted molar refractivity (Wildman–Crippen MR) is 106 cm³/mol. The summed E-state index contributed by atoms with van der Waals surface area (Å²) in [7, 11) is 1.56. The number of nitrogens with zero attached hydrogens (tertiary/aromatic N) is 2. The van der Waals surface area contributed by atoms with Crippen LogP contribution in [0.1, 0.15) is 11.1 Å². The number of carbonyl (C=O) groups excluding carboxylic acids is 1. The van der Waals surface area contributed by atoms with E-state index in [-0.39, 0.29) is 24.0 Å². The molecule has 7 heteroatoms. The van der Waals surface area contributed by atoms with E-state index in [9.17, 15) is 9.59 Å². The molecule has 0 saturated carbocycles. The largest absolute Gasteiger partial charge is 0.497 e. The average molecular weight is 379 g/mol. The summed E-state index contributed by atoms with van der Waals surface area (Å²) in [6.07, 6.45) is 0. The van der Waals surface area contributed by atoms with Gasteiger partial charge in [-0.15, -0.1) is 5.10 Å². The number of methoxy groups -OCH3 is 1. The van der Waals surface area contributed by atoms with Crippen LogP contribution in [0.25, 0.3) is 5.69 Å². The zero-order valence-corrected chi connectivity index (χ0v) is 15.9. The third-order valence-corrected chi connectivity index (χ3v) is 4.22. The number of carbonyl (C=O) groups is 1. The molecule has 0 saturated heterocycles. The van der Waals surface area contributed by atoms with Crippen molar-refractivity contribution in [3.63, 3.8) is 0 Å². The van der Waals surface area contributed by atoms with Crippen LogP contribution in [0.3, 0.4) is 0 Å². The molecular weight excluding hydrogens is 358 g/mol. The predicted octanol–water partition coefficient (Wildman–Crippen LogP) is 2.88. The lowest BCUT2D eigenvalue weighted by Gasteiger charge is -2.10. The summed E-state index contributed by atoms with van der Waals surface area (Å²) >= 11 is 0. The lowest BCUT2D eigenvalue weighted by Crippen LogP contribution is -2.24. The number of nitrogens with one attached hydrogen (secondary N) is 1. The van der Waals surface area contributed by atoms with Crippen molar-refractivity contribution in [1.29, 1.82) is 0 Å². The number of aromatic nitrogens is 2. The standard InChI is InChI=1S/C21H21N3O4/c1-14-7-8-17(11-15(14)2)24-21(26)10-9-20(23-24)28-13-19(25)22-16-5-4-6-18(12-16)27-3/h4-12H,13H2,1-3H3,(H,22,25). The SMILES string of the molecule is COc1cccc(NC(=O)COc2ccc(=O)n(-c3ccc(C)c(C)c3)n2)c1. The average Bonchev–Trinajstić information content (AvgIpc) is 2.69. The molecule has 1 amide bonds. The van der Waals surface area contributed by atoms with Gasteiger partial charge in [0.15, 0.2) is 6.61 Å². The van der Waals surface area contributed by atoms with Crippen LogP contribution in [0.15, 0.2) is 59.4 Å². The topological polar surface area (TPSA) is 82.5 Å². The summed E-state index contributed by atoms with van der Waals surface area (Å²) in [6, 6.07) is 15.4. The van der Waals surface area contributed by atoms with Crippen LogP contribution >= 0.6 is 0 Å². The lowest BCUT2D eigenvalue weighted by atomic mass is 10.1. The van der Waals surface area contributed by atoms with Gasteiger partial charge in [-0.3, -0.25) is 9.59 Å². The molecule has 0 aliphatic rings. The molecule has 0 spiro atoms. The molecule has 3 rings (SSSR count). The molecule has 3 aromatic rings. The van der Waals surface area contributed by atoms with E-state index in [0.29, 0.717) is 17.1 Å². The molecule has 144 valence electrons. The van der Waals surface area contributed by atoms with E-state index < -0.39 is 0 Å². The molecule has 1 heterocycles. The monoisotopic (exact) mass is 379 g/mol. The highest BCUT2D eigenvalue weighted by Gasteiger charge is 2.08. The second-order valence-corrected chi connectivity index (χ2v) is 6.26. The van der Waals surface area contributed by atoms with Gasteiger partial charge in [0.25, 0.3) is 11.5 Å². The number of anilines is 1. The molecule has 0 radical (unpaired) electrons. The van der Waals surface area contributed by atoms with Gasteiger partial charge in [0, 0.05) is 23.9 Å². The van der Waals surface area contributed by atoms with Crippen molar-refractivity contribution < 1.29 is 14.3 Å². The zero-order chi connectivity index (χ0) is 20.1. The number of aryl methyl sites for hydroxylation is 2. The van der Waals surface area contributed by atoms with Crippen molar-refractivity contribution in [1.82, 2.24) is 9.78 Å². The Morgan fingerprint density at radius 1 is 1.07 bits per heavy atom. The first-order valence-corrected chi connectivity index (χ1v) is 8.71. The molecular formula is C21H21N3O4. The van der Waals surface area contributed by atoms with E-state index in [1.165, 1.54) is 16.8 Å². The summed E-state index contributed by atoms with van der Waals surface area (Å²) in [5.74, 6) is 0.471. The van der Waals surface area contributed by atoms with Crippen LogP contribution in [0.2, 0.25) is 0 Å². The number of benzene rings is 2. The smallest absolute Gasteiger partial charge is 0.271 e. The van der Waals surface area contributed by atoms with Crippen LogP contribution < -0.4 is 20.3 Å². The fraction of sp³-hybridized carbons (Fsp3) is 0.190. The molecule has 2 aromatic carbocycles. The van der Waals surface area contributed by atoms with E-state index in [1.54, 1.807) is 31.4 Å². The Hall–Kier alpha value is -3.61. The molecule has 0 aliphatic carbocycles. The van der Waals surface area contributed by atoms with Gasteiger partial charge in [-0.25, -0.2) is 0 Å². The Morgan fingerprint density at radius 3 is 2.64 bits per heavy atom. The highest BCUT2D eigenvalue weighted by molar-refractivity contribution is 5.92. The quantitative estimate of drug-likeness (QED) is 0.712. The third kappa shape index (κ3) is 4.56. The van der Waals surface area contributed by atoms with Gasteiger partial charge in [-0.2, -0.15) is 4.68 Å². The van der Waals surface area contributed by atoms with Crippen molar-refractivity contribution in [2.24, 2.45) is 0 Å². The Balaban J connectivity index is 1.70. The van der Waals surface area contributed by atoms with Gasteiger partial charge in [0.1, 0.15) is 5.75 Å². The molecule has 1 aromatic heterocycles. The van der Waals surface area contributed by atoms with E-state index in [4.69, 9.17) is 9.47 Å². The normalized spacial score (nSPS) is 10.4. The van der Waals surface area contributed by atoms with Crippen molar-refractivity contribution in [3.8, 4) is 17.3 Å². The first-order chi connectivity index (χ1) is 13.5. The summed E-state index contributed by atoms with van der Waals surface area (Å²) in [4.78, 5) is 24.3. The molecule has 28 heavy (non-hydrogen) atoms. The third-order valence-electron chi connectivity index (χ3n) is 4.22. The first kappa shape index (κ1) is 19.2. The van der Waals surface area contributed by atoms with E-state index >= 15 is 0 Å². The van der Waals surface area contributed by atoms with Crippen LogP contribution in [0.4, 0.5) is 5.69 Å². The molecule has 0 atom stereocenters. The van der Waals surface area contributed by atoms with Crippen molar-refractivity contribution in [3.05, 3.63) is 76.1 Å². The molecule has 0 aliphatic heterocycles. The number of hydrogen-bond acceptors (Lipinski definition) is 5. The fourth-order valence-electron chi connectivity index (χ4n) is 2.55. The number of hydrogen-bond donors (Lipinski definition) is 1. The molecule has 0 bridgehead atoms. The molecule has 0 fully saturated rings. The van der Waals surface area contributed by atoms with Gasteiger partial charge >= 0.3 is 0 Å². The highest BCUT2D eigenvalue weighted by Crippen LogP contribution is 2.17. The number of amides is 1. The summed E-state index contributed by atoms with van der Waals surface area (Å²) in [5, 5.41) is 6.92. The summed E-state index contributed by atoms with van der Waals surface area (Å²) < 4.78 is 11.8. The second-order valence-electron chi connectivity index (χ2n) is 6.26. The lowest BCUT2D eigenvalue weighted by molar-refractivity contribution is -0.118.